The minimum absolute atomic E-state index is 0.249. The lowest BCUT2D eigenvalue weighted by molar-refractivity contribution is 0.0752. The number of rotatable bonds is 3. The quantitative estimate of drug-likeness (QED) is 0.572. The molecule has 2 aromatic heterocycles. The molecule has 0 radical (unpaired) electrons. The molecule has 1 aliphatic heterocycles. The third-order valence-corrected chi connectivity index (χ3v) is 7.45. The second kappa shape index (κ2) is 12.8. The Kier molecular flexibility index (Phi) is 9.79. The average Bonchev–Trinajstić information content (AvgIpc) is 3.61. The number of carbonyl (C=O) groups excluding carboxylic acids is 1. The minimum Gasteiger partial charge on any atom is -0.379 e. The summed E-state index contributed by atoms with van der Waals surface area (Å²) in [6.45, 7) is 4.45. The average molecular weight is 494 g/mol. The summed E-state index contributed by atoms with van der Waals surface area (Å²) in [6.07, 6.45) is 7.50. The van der Waals surface area contributed by atoms with Gasteiger partial charge in [0, 0.05) is 26.2 Å². The Hall–Kier alpha value is -2.34. The van der Waals surface area contributed by atoms with Gasteiger partial charge in [-0.15, -0.1) is 0 Å². The molecule has 11 heteroatoms. The van der Waals surface area contributed by atoms with Crippen LogP contribution in [0.3, 0.4) is 0 Å². The lowest BCUT2D eigenvalue weighted by Gasteiger charge is -2.25. The van der Waals surface area contributed by atoms with E-state index in [0.717, 1.165) is 15.1 Å². The van der Waals surface area contributed by atoms with Crippen LogP contribution in [-0.4, -0.2) is 57.9 Å². The van der Waals surface area contributed by atoms with E-state index in [1.165, 1.54) is 43.4 Å². The van der Waals surface area contributed by atoms with Crippen molar-refractivity contribution >= 4 is 43.6 Å². The fourth-order valence-corrected chi connectivity index (χ4v) is 5.40. The van der Waals surface area contributed by atoms with E-state index in [2.05, 4.69) is 20.0 Å². The fourth-order valence-electron chi connectivity index (χ4n) is 3.37. The van der Waals surface area contributed by atoms with Crippen molar-refractivity contribution in [3.63, 3.8) is 0 Å². The molecule has 1 saturated heterocycles. The molecule has 3 aromatic rings. The van der Waals surface area contributed by atoms with Gasteiger partial charge in [-0.05, 0) is 25.1 Å². The van der Waals surface area contributed by atoms with Gasteiger partial charge in [0.25, 0.3) is 5.91 Å². The molecule has 1 amide bonds. The van der Waals surface area contributed by atoms with Crippen LogP contribution in [0.15, 0.2) is 33.7 Å². The van der Waals surface area contributed by atoms with E-state index in [1.807, 2.05) is 22.5 Å². The summed E-state index contributed by atoms with van der Waals surface area (Å²) in [5.74, 6) is 0.000556. The van der Waals surface area contributed by atoms with Crippen molar-refractivity contribution in [2.24, 2.45) is 0 Å². The number of nitrogens with zero attached hydrogens (tertiary/aromatic N) is 3. The normalized spacial score (nSPS) is 16.9. The Balaban J connectivity index is 0.000000170. The van der Waals surface area contributed by atoms with Crippen molar-refractivity contribution in [2.45, 2.75) is 43.9 Å². The van der Waals surface area contributed by atoms with Crippen LogP contribution in [0.5, 0.6) is 0 Å². The maximum Gasteiger partial charge on any atom is 0.289 e. The van der Waals surface area contributed by atoms with Crippen LogP contribution in [0.2, 0.25) is 0 Å². The Labute approximate surface area is 200 Å². The SMILES string of the molecule is C1CCCC1.CNC(=O)c1cc(C)no1.Nc1nc2ccc(S(=O)N3CCOCC3)cc2s1. The molecule has 33 heavy (non-hydrogen) atoms. The van der Waals surface area contributed by atoms with E-state index in [0.29, 0.717) is 37.1 Å². The van der Waals surface area contributed by atoms with Crippen LogP contribution >= 0.6 is 11.3 Å². The topological polar surface area (TPSA) is 124 Å². The van der Waals surface area contributed by atoms with Crippen LogP contribution in [0.25, 0.3) is 10.2 Å². The lowest BCUT2D eigenvalue weighted by atomic mass is 10.3. The number of ether oxygens (including phenoxy) is 1. The van der Waals surface area contributed by atoms with E-state index in [4.69, 9.17) is 10.5 Å². The monoisotopic (exact) mass is 493 g/mol. The highest BCUT2D eigenvalue weighted by molar-refractivity contribution is 7.82. The second-order valence-corrected chi connectivity index (χ2v) is 10.2. The Bertz CT molecular complexity index is 1050. The summed E-state index contributed by atoms with van der Waals surface area (Å²) < 4.78 is 25.2. The Morgan fingerprint density at radius 3 is 2.39 bits per heavy atom. The van der Waals surface area contributed by atoms with E-state index in [-0.39, 0.29) is 11.7 Å². The minimum atomic E-state index is -1.13. The number of anilines is 1. The van der Waals surface area contributed by atoms with Gasteiger partial charge in [-0.3, -0.25) is 4.79 Å². The van der Waals surface area contributed by atoms with Gasteiger partial charge in [-0.25, -0.2) is 13.5 Å². The first-order chi connectivity index (χ1) is 16.0. The number of aromatic nitrogens is 2. The number of aryl methyl sites for hydroxylation is 1. The maximum absolute atomic E-state index is 12.4. The zero-order chi connectivity index (χ0) is 23.6. The third-order valence-electron chi connectivity index (χ3n) is 5.11. The van der Waals surface area contributed by atoms with E-state index in [9.17, 15) is 9.00 Å². The molecular weight excluding hydrogens is 462 g/mol. The molecule has 1 aromatic carbocycles. The number of morpholine rings is 1. The molecule has 2 fully saturated rings. The number of nitrogen functional groups attached to an aromatic ring is 1. The highest BCUT2D eigenvalue weighted by Crippen LogP contribution is 2.26. The summed E-state index contributed by atoms with van der Waals surface area (Å²) in [5.41, 5.74) is 7.23. The van der Waals surface area contributed by atoms with Gasteiger partial charge in [0.15, 0.2) is 5.13 Å². The van der Waals surface area contributed by atoms with Gasteiger partial charge in [-0.2, -0.15) is 0 Å². The number of nitrogens with two attached hydrogens (primary N) is 1. The molecule has 1 aliphatic carbocycles. The number of fused-ring (bicyclic) bond motifs is 1. The molecule has 3 heterocycles. The highest BCUT2D eigenvalue weighted by atomic mass is 32.2. The summed E-state index contributed by atoms with van der Waals surface area (Å²) in [4.78, 5) is 15.8. The number of thiazole rings is 1. The van der Waals surface area contributed by atoms with Crippen molar-refractivity contribution in [3.8, 4) is 0 Å². The molecule has 9 nitrogen and oxygen atoms in total. The van der Waals surface area contributed by atoms with Gasteiger partial charge in [0.1, 0.15) is 11.0 Å². The highest BCUT2D eigenvalue weighted by Gasteiger charge is 2.18. The molecule has 5 rings (SSSR count). The molecule has 2 aliphatic rings. The smallest absolute Gasteiger partial charge is 0.289 e. The zero-order valence-electron chi connectivity index (χ0n) is 19.0. The molecule has 1 atom stereocenters. The molecule has 3 N–H and O–H groups in total. The van der Waals surface area contributed by atoms with Gasteiger partial charge in [0.2, 0.25) is 5.76 Å². The molecule has 1 saturated carbocycles. The zero-order valence-corrected chi connectivity index (χ0v) is 20.7. The van der Waals surface area contributed by atoms with Gasteiger partial charge in [-0.1, -0.05) is 48.6 Å². The number of hydrogen-bond acceptors (Lipinski definition) is 8. The largest absolute Gasteiger partial charge is 0.379 e. The summed E-state index contributed by atoms with van der Waals surface area (Å²) >= 11 is 1.42. The van der Waals surface area contributed by atoms with Gasteiger partial charge < -0.3 is 20.3 Å². The standard InChI is InChI=1S/C11H13N3O2S2.C6H8N2O2.C5H10/c12-11-13-9-2-1-8(7-10(9)17-11)18(15)14-3-5-16-6-4-14;1-4-3-5(10-8-4)6(9)7-2;1-2-4-5-3-1/h1-2,7H,3-6H2,(H2,12,13);3H,1-2H3,(H,7,9);1-5H2. The van der Waals surface area contributed by atoms with Crippen molar-refractivity contribution in [1.82, 2.24) is 19.8 Å². The molecule has 180 valence electrons. The number of amides is 1. The number of benzene rings is 1. The summed E-state index contributed by atoms with van der Waals surface area (Å²) in [5, 5.41) is 6.51. The van der Waals surface area contributed by atoms with Crippen LogP contribution in [-0.2, 0) is 15.7 Å². The molecule has 1 unspecified atom stereocenters. The van der Waals surface area contributed by atoms with Crippen molar-refractivity contribution in [3.05, 3.63) is 35.7 Å². The third kappa shape index (κ3) is 7.60. The van der Waals surface area contributed by atoms with Crippen LogP contribution in [0, 0.1) is 6.92 Å². The van der Waals surface area contributed by atoms with E-state index >= 15 is 0 Å². The first-order valence-electron chi connectivity index (χ1n) is 11.0. The predicted molar refractivity (Wildman–Crippen MR) is 131 cm³/mol. The Morgan fingerprint density at radius 2 is 1.82 bits per heavy atom. The van der Waals surface area contributed by atoms with Crippen LogP contribution in [0.4, 0.5) is 5.13 Å². The molecular formula is C22H31N5O4S2. The number of nitrogens with one attached hydrogen (secondary N) is 1. The van der Waals surface area contributed by atoms with E-state index < -0.39 is 11.0 Å². The first kappa shape index (κ1) is 25.3. The second-order valence-electron chi connectivity index (χ2n) is 7.65. The lowest BCUT2D eigenvalue weighted by Crippen LogP contribution is -2.37. The van der Waals surface area contributed by atoms with Crippen molar-refractivity contribution in [1.29, 1.82) is 0 Å². The molecule has 0 spiro atoms. The number of carbonyl (C=O) groups is 1. The van der Waals surface area contributed by atoms with Crippen molar-refractivity contribution in [2.75, 3.05) is 39.1 Å². The maximum atomic E-state index is 12.4. The fraction of sp³-hybridized carbons (Fsp3) is 0.500. The van der Waals surface area contributed by atoms with Crippen LogP contribution in [0.1, 0.15) is 48.4 Å². The van der Waals surface area contributed by atoms with Crippen molar-refractivity contribution < 1.29 is 18.3 Å². The Morgan fingerprint density at radius 1 is 1.15 bits per heavy atom. The first-order valence-corrected chi connectivity index (χ1v) is 13.0. The summed E-state index contributed by atoms with van der Waals surface area (Å²) in [6, 6.07) is 7.22. The van der Waals surface area contributed by atoms with E-state index in [1.54, 1.807) is 20.0 Å². The summed E-state index contributed by atoms with van der Waals surface area (Å²) in [7, 11) is 0.417. The van der Waals surface area contributed by atoms with Gasteiger partial charge >= 0.3 is 0 Å². The van der Waals surface area contributed by atoms with Gasteiger partial charge in [0.05, 0.1) is 34.0 Å². The van der Waals surface area contributed by atoms with Crippen LogP contribution < -0.4 is 11.1 Å². The molecule has 0 bridgehead atoms. The predicted octanol–water partition coefficient (Wildman–Crippen LogP) is 3.53. The number of hydrogen-bond donors (Lipinski definition) is 2.